The summed E-state index contributed by atoms with van der Waals surface area (Å²) in [6.07, 6.45) is -0.969. The van der Waals surface area contributed by atoms with Gasteiger partial charge in [-0.15, -0.1) is 0 Å². The lowest BCUT2D eigenvalue weighted by Gasteiger charge is -2.33. The van der Waals surface area contributed by atoms with Gasteiger partial charge in [-0.3, -0.25) is 0 Å². The zero-order chi connectivity index (χ0) is 12.6. The van der Waals surface area contributed by atoms with E-state index in [1.165, 1.54) is 0 Å². The van der Waals surface area contributed by atoms with Crippen LogP contribution in [0, 0.1) is 0 Å². The Balaban J connectivity index is 2.59. The molecule has 0 fully saturated rings. The van der Waals surface area contributed by atoms with Crippen molar-refractivity contribution in [2.75, 3.05) is 14.2 Å². The highest BCUT2D eigenvalue weighted by Crippen LogP contribution is 2.43. The molecule has 1 N–H and O–H groups in total. The Bertz CT molecular complexity index is 416. The third-order valence-corrected chi connectivity index (χ3v) is 3.19. The zero-order valence-corrected chi connectivity index (χ0v) is 10.6. The van der Waals surface area contributed by atoms with Crippen LogP contribution in [0.4, 0.5) is 0 Å². The third-order valence-electron chi connectivity index (χ3n) is 3.19. The fourth-order valence-electron chi connectivity index (χ4n) is 2.31. The summed E-state index contributed by atoms with van der Waals surface area (Å²) in [4.78, 5) is 0. The molecule has 4 heteroatoms. The summed E-state index contributed by atoms with van der Waals surface area (Å²) in [5.41, 5.74) is 1.73. The monoisotopic (exact) mass is 238 g/mol. The van der Waals surface area contributed by atoms with Gasteiger partial charge in [0.25, 0.3) is 0 Å². The van der Waals surface area contributed by atoms with Crippen molar-refractivity contribution >= 4 is 0 Å². The van der Waals surface area contributed by atoms with Gasteiger partial charge in [0.05, 0.1) is 26.4 Å². The minimum absolute atomic E-state index is 0.0933. The van der Waals surface area contributed by atoms with Gasteiger partial charge in [0.15, 0.2) is 0 Å². The van der Waals surface area contributed by atoms with Crippen LogP contribution in [-0.2, 0) is 4.74 Å². The molecule has 94 valence electrons. The molecule has 3 atom stereocenters. The summed E-state index contributed by atoms with van der Waals surface area (Å²) in [7, 11) is 3.20. The topological polar surface area (TPSA) is 47.9 Å². The molecule has 2 rings (SSSR count). The summed E-state index contributed by atoms with van der Waals surface area (Å²) in [5, 5.41) is 10.2. The van der Waals surface area contributed by atoms with Crippen LogP contribution in [0.3, 0.4) is 0 Å². The number of fused-ring (bicyclic) bond motifs is 1. The predicted octanol–water partition coefficient (Wildman–Crippen LogP) is 2.22. The van der Waals surface area contributed by atoms with E-state index in [1.54, 1.807) is 20.3 Å². The largest absolute Gasteiger partial charge is 0.497 e. The van der Waals surface area contributed by atoms with E-state index < -0.39 is 6.10 Å². The van der Waals surface area contributed by atoms with Crippen LogP contribution >= 0.6 is 0 Å². The Hall–Kier alpha value is -1.26. The van der Waals surface area contributed by atoms with Gasteiger partial charge >= 0.3 is 0 Å². The third kappa shape index (κ3) is 1.98. The second-order valence-electron chi connectivity index (χ2n) is 4.26. The van der Waals surface area contributed by atoms with Crippen LogP contribution in [0.1, 0.15) is 37.2 Å². The SMILES string of the molecule is COc1cc(OC)c2c(c1)[C@@H](O)[C@H](C)O[C@@H]2C. The van der Waals surface area contributed by atoms with E-state index in [0.29, 0.717) is 11.5 Å². The van der Waals surface area contributed by atoms with Crippen LogP contribution in [0.25, 0.3) is 0 Å². The van der Waals surface area contributed by atoms with Gasteiger partial charge in [0, 0.05) is 11.6 Å². The first-order valence-electron chi connectivity index (χ1n) is 5.67. The van der Waals surface area contributed by atoms with Crippen molar-refractivity contribution in [2.24, 2.45) is 0 Å². The van der Waals surface area contributed by atoms with Crippen molar-refractivity contribution in [3.05, 3.63) is 23.3 Å². The Labute approximate surface area is 101 Å². The average Bonchev–Trinajstić information content (AvgIpc) is 2.34. The van der Waals surface area contributed by atoms with Crippen molar-refractivity contribution in [3.63, 3.8) is 0 Å². The maximum Gasteiger partial charge on any atom is 0.128 e. The van der Waals surface area contributed by atoms with E-state index in [-0.39, 0.29) is 12.2 Å². The lowest BCUT2D eigenvalue weighted by Crippen LogP contribution is -2.27. The van der Waals surface area contributed by atoms with Crippen molar-refractivity contribution in [3.8, 4) is 11.5 Å². The lowest BCUT2D eigenvalue weighted by atomic mass is 9.92. The van der Waals surface area contributed by atoms with E-state index in [1.807, 2.05) is 19.9 Å². The molecule has 0 aromatic heterocycles. The number of aliphatic hydroxyl groups is 1. The molecule has 0 aliphatic carbocycles. The fraction of sp³-hybridized carbons (Fsp3) is 0.538. The number of ether oxygens (including phenoxy) is 3. The highest BCUT2D eigenvalue weighted by atomic mass is 16.5. The Morgan fingerprint density at radius 1 is 1.18 bits per heavy atom. The molecule has 0 spiro atoms. The molecule has 1 heterocycles. The summed E-state index contributed by atoms with van der Waals surface area (Å²) in [5.74, 6) is 1.37. The summed E-state index contributed by atoms with van der Waals surface area (Å²) in [6, 6.07) is 3.65. The molecule has 0 radical (unpaired) electrons. The van der Waals surface area contributed by atoms with Crippen molar-refractivity contribution in [1.82, 2.24) is 0 Å². The minimum Gasteiger partial charge on any atom is -0.497 e. The van der Waals surface area contributed by atoms with Gasteiger partial charge in [-0.05, 0) is 25.5 Å². The van der Waals surface area contributed by atoms with Gasteiger partial charge < -0.3 is 19.3 Å². The quantitative estimate of drug-likeness (QED) is 0.858. The van der Waals surface area contributed by atoms with E-state index in [0.717, 1.165) is 11.1 Å². The molecular weight excluding hydrogens is 220 g/mol. The molecule has 1 aromatic rings. The fourth-order valence-corrected chi connectivity index (χ4v) is 2.31. The van der Waals surface area contributed by atoms with Crippen LogP contribution in [0.5, 0.6) is 11.5 Å². The van der Waals surface area contributed by atoms with E-state index in [9.17, 15) is 5.11 Å². The number of aliphatic hydroxyl groups excluding tert-OH is 1. The maximum atomic E-state index is 10.2. The highest BCUT2D eigenvalue weighted by molar-refractivity contribution is 5.49. The minimum atomic E-state index is -0.648. The van der Waals surface area contributed by atoms with E-state index in [2.05, 4.69) is 0 Å². The highest BCUT2D eigenvalue weighted by Gasteiger charge is 2.32. The van der Waals surface area contributed by atoms with Crippen LogP contribution < -0.4 is 9.47 Å². The molecule has 1 aromatic carbocycles. The van der Waals surface area contributed by atoms with Gasteiger partial charge in [-0.2, -0.15) is 0 Å². The van der Waals surface area contributed by atoms with Crippen LogP contribution in [0.15, 0.2) is 12.1 Å². The first-order valence-corrected chi connectivity index (χ1v) is 5.67. The first-order chi connectivity index (χ1) is 8.08. The van der Waals surface area contributed by atoms with Crippen LogP contribution in [0.2, 0.25) is 0 Å². The molecule has 1 aliphatic rings. The summed E-state index contributed by atoms with van der Waals surface area (Å²) >= 11 is 0. The summed E-state index contributed by atoms with van der Waals surface area (Å²) < 4.78 is 16.2. The maximum absolute atomic E-state index is 10.2. The number of hydrogen-bond acceptors (Lipinski definition) is 4. The van der Waals surface area contributed by atoms with Gasteiger partial charge in [-0.1, -0.05) is 0 Å². The number of methoxy groups -OCH3 is 2. The average molecular weight is 238 g/mol. The molecule has 0 unspecified atom stereocenters. The molecule has 4 nitrogen and oxygen atoms in total. The first kappa shape index (κ1) is 12.2. The lowest BCUT2D eigenvalue weighted by molar-refractivity contribution is -0.0817. The molecule has 0 saturated heterocycles. The molecule has 17 heavy (non-hydrogen) atoms. The van der Waals surface area contributed by atoms with E-state index in [4.69, 9.17) is 14.2 Å². The second-order valence-corrected chi connectivity index (χ2v) is 4.26. The Morgan fingerprint density at radius 3 is 2.47 bits per heavy atom. The number of hydrogen-bond donors (Lipinski definition) is 1. The van der Waals surface area contributed by atoms with Crippen molar-refractivity contribution < 1.29 is 19.3 Å². The smallest absolute Gasteiger partial charge is 0.128 e. The standard InChI is InChI=1S/C13H18O4/c1-7-12-10(13(14)8(2)17-7)5-9(15-3)6-11(12)16-4/h5-8,13-14H,1-4H3/t7-,8+,13+/m1/s1. The Kier molecular flexibility index (Phi) is 3.26. The molecular formula is C13H18O4. The van der Waals surface area contributed by atoms with Gasteiger partial charge in [-0.25, -0.2) is 0 Å². The molecule has 0 amide bonds. The van der Waals surface area contributed by atoms with E-state index >= 15 is 0 Å². The molecule has 0 bridgehead atoms. The molecule has 1 aliphatic heterocycles. The summed E-state index contributed by atoms with van der Waals surface area (Å²) in [6.45, 7) is 3.81. The molecule has 0 saturated carbocycles. The predicted molar refractivity (Wildman–Crippen MR) is 63.5 cm³/mol. The van der Waals surface area contributed by atoms with Crippen molar-refractivity contribution in [1.29, 1.82) is 0 Å². The zero-order valence-electron chi connectivity index (χ0n) is 10.6. The number of benzene rings is 1. The Morgan fingerprint density at radius 2 is 1.88 bits per heavy atom. The van der Waals surface area contributed by atoms with Crippen LogP contribution in [-0.4, -0.2) is 25.4 Å². The van der Waals surface area contributed by atoms with Gasteiger partial charge in [0.1, 0.15) is 17.6 Å². The number of rotatable bonds is 2. The van der Waals surface area contributed by atoms with Gasteiger partial charge in [0.2, 0.25) is 0 Å². The second kappa shape index (κ2) is 4.55. The normalized spacial score (nSPS) is 27.5. The van der Waals surface area contributed by atoms with Crippen molar-refractivity contribution in [2.45, 2.75) is 32.2 Å².